The molecule has 0 bridgehead atoms. The average molecular weight is 386 g/mol. The van der Waals surface area contributed by atoms with E-state index in [-0.39, 0.29) is 18.4 Å². The number of benzene rings is 2. The van der Waals surface area contributed by atoms with Crippen LogP contribution in [0.2, 0.25) is 0 Å². The lowest BCUT2D eigenvalue weighted by Gasteiger charge is -2.21. The Hall–Kier alpha value is -2.65. The van der Waals surface area contributed by atoms with Crippen LogP contribution in [0, 0.1) is 18.3 Å². The molecule has 5 nitrogen and oxygen atoms in total. The fourth-order valence-corrected chi connectivity index (χ4v) is 2.40. The molecule has 0 atom stereocenters. The summed E-state index contributed by atoms with van der Waals surface area (Å²) in [4.78, 5) is 25.6. The van der Waals surface area contributed by atoms with Crippen LogP contribution in [-0.2, 0) is 9.59 Å². The third-order valence-electron chi connectivity index (χ3n) is 3.43. The predicted octanol–water partition coefficient (Wildman–Crippen LogP) is 3.62. The van der Waals surface area contributed by atoms with E-state index in [0.29, 0.717) is 16.9 Å². The maximum atomic E-state index is 12.2. The van der Waals surface area contributed by atoms with Gasteiger partial charge in [0.2, 0.25) is 11.8 Å². The summed E-state index contributed by atoms with van der Waals surface area (Å²) in [6.45, 7) is 3.26. The third kappa shape index (κ3) is 4.43. The van der Waals surface area contributed by atoms with Crippen LogP contribution in [0.5, 0.6) is 0 Å². The average Bonchev–Trinajstić information content (AvgIpc) is 2.56. The first-order valence-electron chi connectivity index (χ1n) is 7.25. The van der Waals surface area contributed by atoms with E-state index in [4.69, 9.17) is 5.26 Å². The van der Waals surface area contributed by atoms with E-state index in [1.165, 1.54) is 11.8 Å². The van der Waals surface area contributed by atoms with Crippen LogP contribution in [0.15, 0.2) is 46.9 Å². The highest BCUT2D eigenvalue weighted by Gasteiger charge is 2.16. The first-order chi connectivity index (χ1) is 11.4. The highest BCUT2D eigenvalue weighted by molar-refractivity contribution is 9.10. The number of aryl methyl sites for hydroxylation is 1. The molecule has 6 heteroatoms. The van der Waals surface area contributed by atoms with Crippen molar-refractivity contribution in [3.63, 3.8) is 0 Å². The Balaban J connectivity index is 2.12. The summed E-state index contributed by atoms with van der Waals surface area (Å²) in [7, 11) is 0. The number of amides is 2. The maximum Gasteiger partial charge on any atom is 0.244 e. The van der Waals surface area contributed by atoms with Gasteiger partial charge in [0.05, 0.1) is 11.6 Å². The Kier molecular flexibility index (Phi) is 5.72. The van der Waals surface area contributed by atoms with Crippen molar-refractivity contribution in [2.75, 3.05) is 16.8 Å². The smallest absolute Gasteiger partial charge is 0.244 e. The Morgan fingerprint density at radius 3 is 2.42 bits per heavy atom. The molecular weight excluding hydrogens is 370 g/mol. The number of nitrogens with zero attached hydrogens (tertiary/aromatic N) is 2. The zero-order valence-corrected chi connectivity index (χ0v) is 14.9. The summed E-state index contributed by atoms with van der Waals surface area (Å²) >= 11 is 3.42. The van der Waals surface area contributed by atoms with Gasteiger partial charge in [0.25, 0.3) is 0 Å². The molecular formula is C18H16BrN3O2. The van der Waals surface area contributed by atoms with Crippen molar-refractivity contribution < 1.29 is 9.59 Å². The SMILES string of the molecule is CC(=O)N(CC(=O)Nc1ccc(C#N)cc1)c1ccc(Br)c(C)c1. The van der Waals surface area contributed by atoms with Crippen molar-refractivity contribution in [1.29, 1.82) is 5.26 Å². The lowest BCUT2D eigenvalue weighted by atomic mass is 10.2. The number of nitrogens with one attached hydrogen (secondary N) is 1. The molecule has 0 aliphatic heterocycles. The molecule has 2 amide bonds. The Morgan fingerprint density at radius 1 is 1.21 bits per heavy atom. The van der Waals surface area contributed by atoms with Crippen LogP contribution in [0.4, 0.5) is 11.4 Å². The molecule has 0 fully saturated rings. The van der Waals surface area contributed by atoms with Gasteiger partial charge in [-0.05, 0) is 55.0 Å². The van der Waals surface area contributed by atoms with Crippen LogP contribution in [0.1, 0.15) is 18.1 Å². The maximum absolute atomic E-state index is 12.2. The van der Waals surface area contributed by atoms with Gasteiger partial charge in [0, 0.05) is 22.8 Å². The first-order valence-corrected chi connectivity index (χ1v) is 8.04. The highest BCUT2D eigenvalue weighted by atomic mass is 79.9. The molecule has 2 aromatic carbocycles. The van der Waals surface area contributed by atoms with E-state index < -0.39 is 0 Å². The summed E-state index contributed by atoms with van der Waals surface area (Å²) < 4.78 is 0.941. The first kappa shape index (κ1) is 17.7. The van der Waals surface area contributed by atoms with Gasteiger partial charge in [0.15, 0.2) is 0 Å². The van der Waals surface area contributed by atoms with Crippen molar-refractivity contribution in [1.82, 2.24) is 0 Å². The molecule has 0 saturated heterocycles. The van der Waals surface area contributed by atoms with E-state index >= 15 is 0 Å². The van der Waals surface area contributed by atoms with Crippen LogP contribution >= 0.6 is 15.9 Å². The summed E-state index contributed by atoms with van der Waals surface area (Å²) in [5.74, 6) is -0.526. The molecule has 2 aromatic rings. The number of halogens is 1. The Bertz CT molecular complexity index is 810. The lowest BCUT2D eigenvalue weighted by molar-refractivity contribution is -0.120. The fourth-order valence-electron chi connectivity index (χ4n) is 2.15. The molecule has 0 radical (unpaired) electrons. The summed E-state index contributed by atoms with van der Waals surface area (Å²) in [5, 5.41) is 11.5. The highest BCUT2D eigenvalue weighted by Crippen LogP contribution is 2.23. The van der Waals surface area contributed by atoms with Crippen molar-refractivity contribution in [2.24, 2.45) is 0 Å². The monoisotopic (exact) mass is 385 g/mol. The largest absolute Gasteiger partial charge is 0.325 e. The molecule has 0 aliphatic rings. The number of carbonyl (C=O) groups excluding carboxylic acids is 2. The fraction of sp³-hybridized carbons (Fsp3) is 0.167. The number of carbonyl (C=O) groups is 2. The molecule has 24 heavy (non-hydrogen) atoms. The van der Waals surface area contributed by atoms with Gasteiger partial charge >= 0.3 is 0 Å². The van der Waals surface area contributed by atoms with Crippen molar-refractivity contribution in [3.8, 4) is 6.07 Å². The van der Waals surface area contributed by atoms with Crippen molar-refractivity contribution in [2.45, 2.75) is 13.8 Å². The molecule has 0 saturated carbocycles. The molecule has 0 aromatic heterocycles. The van der Waals surface area contributed by atoms with Gasteiger partial charge < -0.3 is 10.2 Å². The quantitative estimate of drug-likeness (QED) is 0.872. The second-order valence-electron chi connectivity index (χ2n) is 5.28. The molecule has 1 N–H and O–H groups in total. The van der Waals surface area contributed by atoms with Crippen LogP contribution in [0.25, 0.3) is 0 Å². The van der Waals surface area contributed by atoms with Gasteiger partial charge in [-0.2, -0.15) is 5.26 Å². The number of nitriles is 1. The van der Waals surface area contributed by atoms with Crippen molar-refractivity contribution in [3.05, 3.63) is 58.1 Å². The molecule has 2 rings (SSSR count). The van der Waals surface area contributed by atoms with E-state index in [1.807, 2.05) is 25.1 Å². The van der Waals surface area contributed by atoms with E-state index in [9.17, 15) is 9.59 Å². The minimum absolute atomic E-state index is 0.0869. The lowest BCUT2D eigenvalue weighted by Crippen LogP contribution is -2.36. The van der Waals surface area contributed by atoms with E-state index in [0.717, 1.165) is 10.0 Å². The molecule has 0 spiro atoms. The summed E-state index contributed by atoms with van der Waals surface area (Å²) in [5.41, 5.74) is 2.74. The Labute approximate surface area is 149 Å². The van der Waals surface area contributed by atoms with Crippen LogP contribution in [0.3, 0.4) is 0 Å². The normalized spacial score (nSPS) is 9.92. The van der Waals surface area contributed by atoms with Gasteiger partial charge in [-0.1, -0.05) is 15.9 Å². The van der Waals surface area contributed by atoms with Gasteiger partial charge in [-0.25, -0.2) is 0 Å². The molecule has 122 valence electrons. The molecule has 0 aliphatic carbocycles. The number of anilines is 2. The van der Waals surface area contributed by atoms with E-state index in [1.54, 1.807) is 30.3 Å². The zero-order chi connectivity index (χ0) is 17.7. The third-order valence-corrected chi connectivity index (χ3v) is 4.32. The molecule has 0 heterocycles. The standard InChI is InChI=1S/C18H16BrN3O2/c1-12-9-16(7-8-17(12)19)22(13(2)23)11-18(24)21-15-5-3-14(10-20)4-6-15/h3-9H,11H2,1-2H3,(H,21,24). The second kappa shape index (κ2) is 7.75. The molecule has 0 unspecified atom stereocenters. The number of hydrogen-bond donors (Lipinski definition) is 1. The number of rotatable bonds is 4. The second-order valence-corrected chi connectivity index (χ2v) is 6.13. The topological polar surface area (TPSA) is 73.2 Å². The zero-order valence-electron chi connectivity index (χ0n) is 13.3. The number of hydrogen-bond acceptors (Lipinski definition) is 3. The Morgan fingerprint density at radius 2 is 1.88 bits per heavy atom. The summed E-state index contributed by atoms with van der Waals surface area (Å²) in [6, 6.07) is 14.0. The van der Waals surface area contributed by atoms with Crippen molar-refractivity contribution >= 4 is 39.1 Å². The van der Waals surface area contributed by atoms with Gasteiger partial charge in [-0.15, -0.1) is 0 Å². The van der Waals surface area contributed by atoms with E-state index in [2.05, 4.69) is 21.2 Å². The van der Waals surface area contributed by atoms with Gasteiger partial charge in [0.1, 0.15) is 6.54 Å². The van der Waals surface area contributed by atoms with Crippen LogP contribution < -0.4 is 10.2 Å². The van der Waals surface area contributed by atoms with Crippen LogP contribution in [-0.4, -0.2) is 18.4 Å². The predicted molar refractivity (Wildman–Crippen MR) is 96.7 cm³/mol. The minimum atomic E-state index is -0.310. The minimum Gasteiger partial charge on any atom is -0.325 e. The summed E-state index contributed by atoms with van der Waals surface area (Å²) in [6.07, 6.45) is 0. The van der Waals surface area contributed by atoms with Gasteiger partial charge in [-0.3, -0.25) is 9.59 Å².